The molecule has 0 radical (unpaired) electrons. The molecule has 1 saturated heterocycles. The van der Waals surface area contributed by atoms with Crippen LogP contribution in [-0.4, -0.2) is 25.7 Å². The minimum Gasteiger partial charge on any atom is -0.494 e. The Balaban J connectivity index is 1.17. The maximum absolute atomic E-state index is 13.8. The molecule has 1 fully saturated rings. The normalized spacial score (nSPS) is 18.5. The van der Waals surface area contributed by atoms with Gasteiger partial charge in [-0.15, -0.1) is 0 Å². The maximum Gasteiger partial charge on any atom is 0.123 e. The molecular weight excluding hydrogens is 511 g/mol. The van der Waals surface area contributed by atoms with E-state index in [0.717, 1.165) is 61.7 Å². The first-order valence-corrected chi connectivity index (χ1v) is 15.0. The van der Waals surface area contributed by atoms with E-state index in [9.17, 15) is 4.39 Å². The Hall–Kier alpha value is -3.83. The largest absolute Gasteiger partial charge is 0.494 e. The van der Waals surface area contributed by atoms with Crippen LogP contribution in [-0.2, 0) is 19.4 Å². The zero-order valence-electron chi connectivity index (χ0n) is 23.6. The molecule has 0 aromatic heterocycles. The molecule has 4 nitrogen and oxygen atoms in total. The minimum absolute atomic E-state index is 0.136. The van der Waals surface area contributed by atoms with Crippen molar-refractivity contribution in [1.82, 2.24) is 5.32 Å². The highest BCUT2D eigenvalue weighted by Crippen LogP contribution is 2.38. The lowest BCUT2D eigenvalue weighted by Gasteiger charge is -2.39. The second-order valence-electron chi connectivity index (χ2n) is 11.2. The van der Waals surface area contributed by atoms with Crippen molar-refractivity contribution in [3.05, 3.63) is 125 Å². The zero-order valence-corrected chi connectivity index (χ0v) is 23.6. The van der Waals surface area contributed by atoms with Gasteiger partial charge in [-0.05, 0) is 109 Å². The van der Waals surface area contributed by atoms with Gasteiger partial charge in [0.2, 0.25) is 0 Å². The fourth-order valence-corrected chi connectivity index (χ4v) is 6.12. The van der Waals surface area contributed by atoms with Gasteiger partial charge in [-0.3, -0.25) is 0 Å². The molecule has 5 heteroatoms. The Labute approximate surface area is 243 Å². The smallest absolute Gasteiger partial charge is 0.123 e. The molecular formula is C36H39FN2O2. The third-order valence-electron chi connectivity index (χ3n) is 8.38. The van der Waals surface area contributed by atoms with Crippen molar-refractivity contribution in [3.63, 3.8) is 0 Å². The topological polar surface area (TPSA) is 33.7 Å². The lowest BCUT2D eigenvalue weighted by molar-refractivity contribution is 0.268. The molecule has 0 aliphatic carbocycles. The van der Waals surface area contributed by atoms with Crippen molar-refractivity contribution in [2.75, 3.05) is 24.6 Å². The number of hydrogen-bond donors (Lipinski definition) is 1. The van der Waals surface area contributed by atoms with Gasteiger partial charge in [0, 0.05) is 18.3 Å². The van der Waals surface area contributed by atoms with Crippen LogP contribution in [0.1, 0.15) is 54.0 Å². The van der Waals surface area contributed by atoms with E-state index < -0.39 is 0 Å². The van der Waals surface area contributed by atoms with E-state index in [2.05, 4.69) is 64.8 Å². The van der Waals surface area contributed by atoms with Gasteiger partial charge in [0.25, 0.3) is 0 Å². The van der Waals surface area contributed by atoms with Gasteiger partial charge in [-0.25, -0.2) is 4.39 Å². The summed E-state index contributed by atoms with van der Waals surface area (Å²) in [7, 11) is 0. The lowest BCUT2D eigenvalue weighted by atomic mass is 9.88. The summed E-state index contributed by atoms with van der Waals surface area (Å²) >= 11 is 0. The zero-order chi connectivity index (χ0) is 27.9. The second-order valence-corrected chi connectivity index (χ2v) is 11.2. The molecule has 2 aliphatic heterocycles. The molecule has 4 aromatic rings. The fraction of sp³-hybridized carbons (Fsp3) is 0.333. The molecule has 212 valence electrons. The molecule has 41 heavy (non-hydrogen) atoms. The first-order valence-electron chi connectivity index (χ1n) is 15.0. The highest BCUT2D eigenvalue weighted by molar-refractivity contribution is 5.54. The Kier molecular flexibility index (Phi) is 8.82. The molecule has 1 N–H and O–H groups in total. The van der Waals surface area contributed by atoms with Crippen molar-refractivity contribution in [2.45, 2.75) is 57.2 Å². The summed E-state index contributed by atoms with van der Waals surface area (Å²) in [5, 5.41) is 3.59. The number of benzene rings is 4. The van der Waals surface area contributed by atoms with Gasteiger partial charge >= 0.3 is 0 Å². The van der Waals surface area contributed by atoms with Gasteiger partial charge in [0.1, 0.15) is 23.9 Å². The Morgan fingerprint density at radius 1 is 0.805 bits per heavy atom. The predicted octanol–water partition coefficient (Wildman–Crippen LogP) is 7.66. The predicted molar refractivity (Wildman–Crippen MR) is 163 cm³/mol. The van der Waals surface area contributed by atoms with Gasteiger partial charge in [-0.2, -0.15) is 0 Å². The lowest BCUT2D eigenvalue weighted by Crippen LogP contribution is -2.36. The van der Waals surface area contributed by atoms with E-state index in [0.29, 0.717) is 12.6 Å². The van der Waals surface area contributed by atoms with Gasteiger partial charge in [-0.1, -0.05) is 55.0 Å². The number of halogens is 1. The Bertz CT molecular complexity index is 1390. The number of fused-ring (bicyclic) bond motifs is 1. The van der Waals surface area contributed by atoms with Gasteiger partial charge in [0.15, 0.2) is 0 Å². The number of rotatable bonds is 10. The quantitative estimate of drug-likeness (QED) is 0.220. The molecule has 2 heterocycles. The third-order valence-corrected chi connectivity index (χ3v) is 8.38. The summed E-state index contributed by atoms with van der Waals surface area (Å²) in [4.78, 5) is 2.41. The highest BCUT2D eigenvalue weighted by atomic mass is 19.1. The van der Waals surface area contributed by atoms with Gasteiger partial charge in [0.05, 0.1) is 12.6 Å². The average molecular weight is 551 g/mol. The van der Waals surface area contributed by atoms with E-state index in [1.54, 1.807) is 12.1 Å². The van der Waals surface area contributed by atoms with E-state index in [1.165, 1.54) is 36.0 Å². The van der Waals surface area contributed by atoms with E-state index >= 15 is 0 Å². The minimum atomic E-state index is -0.210. The van der Waals surface area contributed by atoms with E-state index in [4.69, 9.17) is 9.47 Å². The third kappa shape index (κ3) is 7.09. The van der Waals surface area contributed by atoms with Crippen LogP contribution >= 0.6 is 0 Å². The molecule has 0 amide bonds. The van der Waals surface area contributed by atoms with Crippen molar-refractivity contribution < 1.29 is 13.9 Å². The molecule has 6 rings (SSSR count). The first kappa shape index (κ1) is 27.3. The number of hydrogen-bond acceptors (Lipinski definition) is 4. The number of ether oxygens (including phenoxy) is 2. The van der Waals surface area contributed by atoms with E-state index in [1.807, 2.05) is 30.3 Å². The summed E-state index contributed by atoms with van der Waals surface area (Å²) in [6.45, 7) is 3.28. The number of nitrogens with zero attached hydrogens (tertiary/aromatic N) is 1. The standard InChI is InChI=1S/C36H39FN2O2/c37-30-11-13-32(14-12-30)39-22-19-29-25-34(41-26-28-6-2-1-3-7-28)17-18-35(29)36(39)24-27-9-15-33(16-10-27)40-23-20-31-8-4-5-21-38-31/h1-3,6-7,9-18,25,31,36,38H,4-5,8,19-24,26H2. The molecule has 4 aromatic carbocycles. The van der Waals surface area contributed by atoms with Crippen molar-refractivity contribution >= 4 is 5.69 Å². The van der Waals surface area contributed by atoms with E-state index in [-0.39, 0.29) is 11.9 Å². The van der Waals surface area contributed by atoms with Crippen LogP contribution < -0.4 is 19.7 Å². The second kappa shape index (κ2) is 13.2. The summed E-state index contributed by atoms with van der Waals surface area (Å²) < 4.78 is 26.0. The fourth-order valence-electron chi connectivity index (χ4n) is 6.12. The summed E-state index contributed by atoms with van der Waals surface area (Å²) in [5.74, 6) is 1.61. The summed E-state index contributed by atoms with van der Waals surface area (Å²) in [6.07, 6.45) is 6.65. The first-order chi connectivity index (χ1) is 20.2. The van der Waals surface area contributed by atoms with Crippen LogP contribution in [0.15, 0.2) is 97.1 Å². The van der Waals surface area contributed by atoms with Crippen LogP contribution in [0.25, 0.3) is 0 Å². The van der Waals surface area contributed by atoms with Crippen LogP contribution in [0.3, 0.4) is 0 Å². The van der Waals surface area contributed by atoms with Crippen molar-refractivity contribution in [3.8, 4) is 11.5 Å². The maximum atomic E-state index is 13.8. The van der Waals surface area contributed by atoms with Crippen LogP contribution in [0.5, 0.6) is 11.5 Å². The number of anilines is 1. The Morgan fingerprint density at radius 3 is 2.39 bits per heavy atom. The molecule has 0 spiro atoms. The van der Waals surface area contributed by atoms with Crippen LogP contribution in [0.2, 0.25) is 0 Å². The van der Waals surface area contributed by atoms with Crippen LogP contribution in [0.4, 0.5) is 10.1 Å². The molecule has 0 saturated carbocycles. The monoisotopic (exact) mass is 550 g/mol. The Morgan fingerprint density at radius 2 is 1.61 bits per heavy atom. The average Bonchev–Trinajstić information content (AvgIpc) is 3.02. The SMILES string of the molecule is Fc1ccc(N2CCc3cc(OCc4ccccc4)ccc3C2Cc2ccc(OCCC3CCCCN3)cc2)cc1. The summed E-state index contributed by atoms with van der Waals surface area (Å²) in [5.41, 5.74) is 6.06. The van der Waals surface area contributed by atoms with Crippen molar-refractivity contribution in [2.24, 2.45) is 0 Å². The van der Waals surface area contributed by atoms with Gasteiger partial charge < -0.3 is 19.7 Å². The summed E-state index contributed by atoms with van der Waals surface area (Å²) in [6, 6.07) is 32.9. The van der Waals surface area contributed by atoms with Crippen molar-refractivity contribution in [1.29, 1.82) is 0 Å². The molecule has 0 bridgehead atoms. The number of piperidine rings is 1. The van der Waals surface area contributed by atoms with Crippen LogP contribution in [0, 0.1) is 5.82 Å². The number of nitrogens with one attached hydrogen (secondary N) is 1. The molecule has 2 atom stereocenters. The highest BCUT2D eigenvalue weighted by Gasteiger charge is 2.28. The molecule has 2 aliphatic rings. The molecule has 2 unspecified atom stereocenters.